The number of aromatic nitrogens is 1. The van der Waals surface area contributed by atoms with Gasteiger partial charge in [0, 0.05) is 11.6 Å². The molecule has 0 radical (unpaired) electrons. The number of rotatable bonds is 5. The van der Waals surface area contributed by atoms with E-state index in [0.29, 0.717) is 11.3 Å². The summed E-state index contributed by atoms with van der Waals surface area (Å²) in [5.41, 5.74) is 0.604. The summed E-state index contributed by atoms with van der Waals surface area (Å²) in [5.74, 6) is -1.73. The molecule has 0 fully saturated rings. The van der Waals surface area contributed by atoms with Gasteiger partial charge in [-0.25, -0.2) is 8.78 Å². The van der Waals surface area contributed by atoms with Crippen molar-refractivity contribution in [2.24, 2.45) is 0 Å². The number of amides is 1. The summed E-state index contributed by atoms with van der Waals surface area (Å²) in [7, 11) is 0. The lowest BCUT2D eigenvalue weighted by Crippen LogP contribution is -2.19. The van der Waals surface area contributed by atoms with Crippen molar-refractivity contribution in [3.05, 3.63) is 66.2 Å². The minimum absolute atomic E-state index is 0.0800. The molecule has 0 bridgehead atoms. The molecule has 0 aliphatic heterocycles. The number of benzene rings is 2. The molecule has 2 aromatic carbocycles. The second kappa shape index (κ2) is 6.91. The van der Waals surface area contributed by atoms with E-state index in [9.17, 15) is 13.6 Å². The molecular weight excluding hydrogens is 318 g/mol. The lowest BCUT2D eigenvalue weighted by atomic mass is 10.1. The number of carbonyl (C=O) groups excluding carboxylic acids is 1. The lowest BCUT2D eigenvalue weighted by molar-refractivity contribution is -0.118. The maximum Gasteiger partial charge on any atom is 0.264 e. The summed E-state index contributed by atoms with van der Waals surface area (Å²) in [6.07, 6.45) is 0. The van der Waals surface area contributed by atoms with Crippen LogP contribution < -0.4 is 10.1 Å². The first-order valence-electron chi connectivity index (χ1n) is 7.01. The molecule has 1 amide bonds. The van der Waals surface area contributed by atoms with Crippen molar-refractivity contribution in [2.75, 3.05) is 11.9 Å². The van der Waals surface area contributed by atoms with Crippen LogP contribution in [0.4, 0.5) is 14.7 Å². The van der Waals surface area contributed by atoms with Gasteiger partial charge in [0.05, 0.1) is 0 Å². The Balaban J connectivity index is 1.61. The Morgan fingerprint density at radius 2 is 1.88 bits per heavy atom. The third kappa shape index (κ3) is 3.75. The van der Waals surface area contributed by atoms with Gasteiger partial charge in [0.15, 0.2) is 18.2 Å². The number of nitrogens with zero attached hydrogens (tertiary/aromatic N) is 1. The minimum atomic E-state index is -0.989. The van der Waals surface area contributed by atoms with E-state index in [1.807, 2.05) is 6.07 Å². The highest BCUT2D eigenvalue weighted by Crippen LogP contribution is 2.23. The van der Waals surface area contributed by atoms with Gasteiger partial charge in [0.1, 0.15) is 11.4 Å². The molecule has 0 unspecified atom stereocenters. The van der Waals surface area contributed by atoms with Crippen LogP contribution in [0.3, 0.4) is 0 Å². The van der Waals surface area contributed by atoms with Crippen molar-refractivity contribution in [3.8, 4) is 17.0 Å². The average molecular weight is 330 g/mol. The molecule has 3 rings (SSSR count). The number of nitrogens with one attached hydrogen (secondary N) is 1. The predicted octanol–water partition coefficient (Wildman–Crippen LogP) is 3.64. The van der Waals surface area contributed by atoms with Gasteiger partial charge < -0.3 is 9.26 Å². The largest absolute Gasteiger partial charge is 0.484 e. The second-order valence-electron chi connectivity index (χ2n) is 4.86. The molecule has 24 heavy (non-hydrogen) atoms. The van der Waals surface area contributed by atoms with Crippen LogP contribution in [0.25, 0.3) is 11.3 Å². The Morgan fingerprint density at radius 1 is 1.08 bits per heavy atom. The summed E-state index contributed by atoms with van der Waals surface area (Å²) < 4.78 is 36.4. The highest BCUT2D eigenvalue weighted by molar-refractivity contribution is 5.91. The summed E-state index contributed by atoms with van der Waals surface area (Å²) in [5, 5.41) is 6.18. The second-order valence-corrected chi connectivity index (χ2v) is 4.86. The molecule has 1 N–H and O–H groups in total. The van der Waals surface area contributed by atoms with Gasteiger partial charge >= 0.3 is 0 Å². The number of halogens is 2. The molecular formula is C17H12F2N2O3. The highest BCUT2D eigenvalue weighted by atomic mass is 19.2. The Kier molecular flexibility index (Phi) is 4.51. The summed E-state index contributed by atoms with van der Waals surface area (Å²) in [4.78, 5) is 11.8. The third-order valence-electron chi connectivity index (χ3n) is 3.10. The zero-order chi connectivity index (χ0) is 16.9. The van der Waals surface area contributed by atoms with E-state index in [1.54, 1.807) is 24.3 Å². The molecule has 7 heteroatoms. The van der Waals surface area contributed by atoms with Gasteiger partial charge in [-0.2, -0.15) is 0 Å². The highest BCUT2D eigenvalue weighted by Gasteiger charge is 2.12. The van der Waals surface area contributed by atoms with Gasteiger partial charge in [-0.05, 0) is 30.3 Å². The number of para-hydroxylation sites is 1. The maximum absolute atomic E-state index is 13.2. The van der Waals surface area contributed by atoms with E-state index in [2.05, 4.69) is 10.5 Å². The Bertz CT molecular complexity index is 850. The van der Waals surface area contributed by atoms with Crippen LogP contribution in [-0.4, -0.2) is 17.7 Å². The third-order valence-corrected chi connectivity index (χ3v) is 3.10. The van der Waals surface area contributed by atoms with Crippen LogP contribution in [-0.2, 0) is 4.79 Å². The van der Waals surface area contributed by atoms with Crippen LogP contribution >= 0.6 is 0 Å². The van der Waals surface area contributed by atoms with Crippen LogP contribution in [0.1, 0.15) is 0 Å². The number of anilines is 1. The molecule has 0 saturated heterocycles. The first-order chi connectivity index (χ1) is 11.6. The molecule has 1 aromatic heterocycles. The first-order valence-corrected chi connectivity index (χ1v) is 7.01. The SMILES string of the molecule is O=C(COc1ccccc1)Nc1cc(-c2ccc(F)c(F)c2)no1. The molecule has 0 atom stereocenters. The van der Waals surface area contributed by atoms with Gasteiger partial charge in [0.25, 0.3) is 5.91 Å². The summed E-state index contributed by atoms with van der Waals surface area (Å²) in [6.45, 7) is -0.203. The lowest BCUT2D eigenvalue weighted by Gasteiger charge is -2.04. The molecule has 3 aromatic rings. The van der Waals surface area contributed by atoms with Crippen molar-refractivity contribution in [1.82, 2.24) is 5.16 Å². The molecule has 0 aliphatic carbocycles. The monoisotopic (exact) mass is 330 g/mol. The van der Waals surface area contributed by atoms with Crippen molar-refractivity contribution < 1.29 is 22.8 Å². The van der Waals surface area contributed by atoms with Crippen molar-refractivity contribution >= 4 is 11.8 Å². The number of carbonyl (C=O) groups is 1. The fourth-order valence-corrected chi connectivity index (χ4v) is 1.96. The predicted molar refractivity (Wildman–Crippen MR) is 82.4 cm³/mol. The number of hydrogen-bond acceptors (Lipinski definition) is 4. The van der Waals surface area contributed by atoms with Crippen LogP contribution in [0, 0.1) is 11.6 Å². The molecule has 1 heterocycles. The minimum Gasteiger partial charge on any atom is -0.484 e. The first kappa shape index (κ1) is 15.7. The van der Waals surface area contributed by atoms with Gasteiger partial charge in [-0.3, -0.25) is 10.1 Å². The standard InChI is InChI=1S/C17H12F2N2O3/c18-13-7-6-11(8-14(13)19)15-9-17(24-21-15)20-16(22)10-23-12-4-2-1-3-5-12/h1-9H,10H2,(H,20,22). The Hall–Kier alpha value is -3.22. The van der Waals surface area contributed by atoms with Crippen LogP contribution in [0.15, 0.2) is 59.1 Å². The average Bonchev–Trinajstić information content (AvgIpc) is 3.05. The van der Waals surface area contributed by atoms with E-state index < -0.39 is 17.5 Å². The summed E-state index contributed by atoms with van der Waals surface area (Å²) in [6, 6.07) is 13.6. The van der Waals surface area contributed by atoms with E-state index in [-0.39, 0.29) is 18.2 Å². The van der Waals surface area contributed by atoms with Crippen LogP contribution in [0.2, 0.25) is 0 Å². The molecule has 122 valence electrons. The van der Waals surface area contributed by atoms with Gasteiger partial charge in [-0.15, -0.1) is 0 Å². The Morgan fingerprint density at radius 3 is 2.62 bits per heavy atom. The molecule has 0 spiro atoms. The van der Waals surface area contributed by atoms with E-state index in [4.69, 9.17) is 9.26 Å². The fraction of sp³-hybridized carbons (Fsp3) is 0.0588. The normalized spacial score (nSPS) is 10.4. The van der Waals surface area contributed by atoms with Crippen molar-refractivity contribution in [3.63, 3.8) is 0 Å². The van der Waals surface area contributed by atoms with Gasteiger partial charge in [-0.1, -0.05) is 23.4 Å². The Labute approximate surface area is 135 Å². The zero-order valence-corrected chi connectivity index (χ0v) is 12.3. The molecule has 0 aliphatic rings. The quantitative estimate of drug-likeness (QED) is 0.776. The number of hydrogen-bond donors (Lipinski definition) is 1. The zero-order valence-electron chi connectivity index (χ0n) is 12.3. The molecule has 0 saturated carbocycles. The van der Waals surface area contributed by atoms with Gasteiger partial charge in [0.2, 0.25) is 5.88 Å². The smallest absolute Gasteiger partial charge is 0.264 e. The topological polar surface area (TPSA) is 64.4 Å². The van der Waals surface area contributed by atoms with Crippen molar-refractivity contribution in [2.45, 2.75) is 0 Å². The number of ether oxygens (including phenoxy) is 1. The van der Waals surface area contributed by atoms with E-state index >= 15 is 0 Å². The molecule has 5 nitrogen and oxygen atoms in total. The van der Waals surface area contributed by atoms with E-state index in [1.165, 1.54) is 12.1 Å². The summed E-state index contributed by atoms with van der Waals surface area (Å²) >= 11 is 0. The maximum atomic E-state index is 13.2. The van der Waals surface area contributed by atoms with E-state index in [0.717, 1.165) is 12.1 Å². The fourth-order valence-electron chi connectivity index (χ4n) is 1.96. The van der Waals surface area contributed by atoms with Crippen LogP contribution in [0.5, 0.6) is 5.75 Å². The van der Waals surface area contributed by atoms with Crippen molar-refractivity contribution in [1.29, 1.82) is 0 Å².